The van der Waals surface area contributed by atoms with Gasteiger partial charge in [-0.25, -0.2) is 23.4 Å². The van der Waals surface area contributed by atoms with E-state index in [-0.39, 0.29) is 17.9 Å². The van der Waals surface area contributed by atoms with E-state index in [0.717, 1.165) is 352 Å². The molecule has 0 saturated carbocycles. The van der Waals surface area contributed by atoms with Gasteiger partial charge in [0.2, 0.25) is 5.91 Å². The first-order valence-corrected chi connectivity index (χ1v) is 52.0. The second-order valence-corrected chi connectivity index (χ2v) is 39.7. The van der Waals surface area contributed by atoms with E-state index < -0.39 is 0 Å². The van der Waals surface area contributed by atoms with Crippen LogP contribution < -0.4 is 41.3 Å². The lowest BCUT2D eigenvalue weighted by Crippen LogP contribution is -2.53. The van der Waals surface area contributed by atoms with E-state index >= 15 is 0 Å². The molecule has 2 unspecified atom stereocenters. The van der Waals surface area contributed by atoms with Gasteiger partial charge < -0.3 is 70.2 Å². The zero-order valence-corrected chi connectivity index (χ0v) is 84.9. The number of benzene rings is 5. The number of nitrogens with one attached hydrogen (secondary N) is 5. The van der Waals surface area contributed by atoms with Gasteiger partial charge in [0.1, 0.15) is 0 Å². The van der Waals surface area contributed by atoms with Crippen molar-refractivity contribution in [1.29, 1.82) is 0 Å². The lowest BCUT2D eigenvalue weighted by Gasteiger charge is -2.39. The summed E-state index contributed by atoms with van der Waals surface area (Å²) in [5.74, 6) is 5.64. The molecule has 0 bridgehead atoms. The molecule has 5 aromatic carbocycles. The highest BCUT2D eigenvalue weighted by Gasteiger charge is 2.34. The lowest BCUT2D eigenvalue weighted by atomic mass is 9.94. The molecule has 0 spiro atoms. The van der Waals surface area contributed by atoms with E-state index in [1.54, 1.807) is 12.4 Å². The van der Waals surface area contributed by atoms with E-state index in [1.807, 2.05) is 219 Å². The Hall–Kier alpha value is -11.3. The van der Waals surface area contributed by atoms with E-state index in [2.05, 4.69) is 116 Å². The van der Waals surface area contributed by atoms with Gasteiger partial charge in [0, 0.05) is 253 Å². The minimum atomic E-state index is 0.0826. The third-order valence-electron chi connectivity index (χ3n) is 28.1. The SMILES string of the molecule is CN1CCN(CCC2COCCN2c2nn(-c3ccc(Cl)cc3)c3cnccc23)CC1.CN1CCN(CCNc2nn(-c3ccc(Cl)cc3)c3cnccc23)CC1.Clc1ccc(-n2nc(N3CCOCC3CN3CCOCC3)c3ccncc32)cc1.Clc1ccc(-n2nc(NCCN3CCNCC3)c3ccncc32)cc1.O=C(NCC1CCNCC1)C1CCN(c2nn(-c3ccc(Cl)cc3)c3cnccc23)CC1. The molecule has 15 aromatic rings. The summed E-state index contributed by atoms with van der Waals surface area (Å²) in [5, 5.41) is 50.5. The molecule has 143 heavy (non-hydrogen) atoms. The monoisotopic (exact) mass is 2030 g/mol. The molecule has 33 nitrogen and oxygen atoms in total. The number of carbonyl (C=O) groups is 1. The van der Waals surface area contributed by atoms with Crippen LogP contribution in [0.3, 0.4) is 0 Å². The van der Waals surface area contributed by atoms with Gasteiger partial charge in [-0.3, -0.25) is 44.4 Å². The number of amides is 1. The Morgan fingerprint density at radius 2 is 0.706 bits per heavy atom. The van der Waals surface area contributed by atoms with Gasteiger partial charge in [-0.05, 0) is 217 Å². The van der Waals surface area contributed by atoms with Crippen molar-refractivity contribution in [3.8, 4) is 28.4 Å². The molecule has 2 atom stereocenters. The van der Waals surface area contributed by atoms with Crippen LogP contribution >= 0.6 is 58.0 Å². The highest BCUT2D eigenvalue weighted by Crippen LogP contribution is 2.37. The molecule has 38 heteroatoms. The van der Waals surface area contributed by atoms with Gasteiger partial charge in [0.15, 0.2) is 29.1 Å². The number of hydrogen-bond acceptors (Lipinski definition) is 27. The Morgan fingerprint density at radius 1 is 0.357 bits per heavy atom. The first-order chi connectivity index (χ1) is 70.2. The number of likely N-dealkylation sites (N-methyl/N-ethyl adjacent to an activating group) is 2. The zero-order valence-electron chi connectivity index (χ0n) is 81.1. The number of anilines is 5. The van der Waals surface area contributed by atoms with Crippen LogP contribution in [0.2, 0.25) is 25.1 Å². The third kappa shape index (κ3) is 25.4. The summed E-state index contributed by atoms with van der Waals surface area (Å²) in [7, 11) is 4.38. The molecule has 8 aliphatic rings. The maximum Gasteiger partial charge on any atom is 0.223 e. The predicted octanol–water partition coefficient (Wildman–Crippen LogP) is 14.1. The van der Waals surface area contributed by atoms with Gasteiger partial charge in [-0.15, -0.1) is 25.5 Å². The van der Waals surface area contributed by atoms with Crippen molar-refractivity contribution in [3.05, 3.63) is 239 Å². The highest BCUT2D eigenvalue weighted by molar-refractivity contribution is 6.32. The number of hydrogen-bond donors (Lipinski definition) is 5. The van der Waals surface area contributed by atoms with Crippen LogP contribution in [0.1, 0.15) is 32.1 Å². The molecule has 18 heterocycles. The van der Waals surface area contributed by atoms with Crippen LogP contribution in [0.4, 0.5) is 29.1 Å². The summed E-state index contributed by atoms with van der Waals surface area (Å²) in [6.45, 7) is 31.9. The average Bonchev–Trinajstić information content (AvgIpc) is 1.62. The molecule has 1 amide bonds. The summed E-state index contributed by atoms with van der Waals surface area (Å²) in [4.78, 5) is 56.1. The lowest BCUT2D eigenvalue weighted by molar-refractivity contribution is -0.125. The van der Waals surface area contributed by atoms with Crippen LogP contribution in [-0.4, -0.2) is 352 Å². The number of piperidine rings is 2. The second-order valence-electron chi connectivity index (χ2n) is 37.6. The summed E-state index contributed by atoms with van der Waals surface area (Å²) in [6.07, 6.45) is 23.5. The molecule has 5 N–H and O–H groups in total. The van der Waals surface area contributed by atoms with Crippen LogP contribution in [0.15, 0.2) is 214 Å². The number of halogens is 5. The summed E-state index contributed by atoms with van der Waals surface area (Å²) < 4.78 is 26.9. The van der Waals surface area contributed by atoms with Crippen molar-refractivity contribution in [2.45, 2.75) is 44.2 Å². The molecule has 8 saturated heterocycles. The van der Waals surface area contributed by atoms with Crippen molar-refractivity contribution in [2.75, 3.05) is 256 Å². The van der Waals surface area contributed by atoms with Crippen LogP contribution in [0.25, 0.3) is 83.0 Å². The largest absolute Gasteiger partial charge is 0.379 e. The first-order valence-electron chi connectivity index (χ1n) is 50.1. The number of aromatic nitrogens is 15. The molecular weight excluding hydrogens is 1910 g/mol. The minimum absolute atomic E-state index is 0.0826. The van der Waals surface area contributed by atoms with E-state index in [1.165, 1.54) is 0 Å². The number of fused-ring (bicyclic) bond motifs is 5. The number of pyridine rings is 5. The number of ether oxygens (including phenoxy) is 3. The van der Waals surface area contributed by atoms with Crippen LogP contribution in [-0.2, 0) is 19.0 Å². The zero-order chi connectivity index (χ0) is 97.8. The Balaban J connectivity index is 0.000000114. The highest BCUT2D eigenvalue weighted by atomic mass is 35.5. The van der Waals surface area contributed by atoms with Gasteiger partial charge in [0.05, 0.1) is 139 Å². The summed E-state index contributed by atoms with van der Waals surface area (Å²) >= 11 is 30.3. The van der Waals surface area contributed by atoms with E-state index in [0.29, 0.717) is 45.3 Å². The van der Waals surface area contributed by atoms with Crippen molar-refractivity contribution < 1.29 is 19.0 Å². The van der Waals surface area contributed by atoms with E-state index in [4.69, 9.17) is 97.7 Å². The molecular formula is C105H126Cl5N29O4. The van der Waals surface area contributed by atoms with E-state index in [9.17, 15) is 4.79 Å². The molecule has 23 rings (SSSR count). The predicted molar refractivity (Wildman–Crippen MR) is 573 cm³/mol. The molecule has 750 valence electrons. The topological polar surface area (TPSA) is 288 Å². The van der Waals surface area contributed by atoms with Gasteiger partial charge >= 0.3 is 0 Å². The fourth-order valence-corrected chi connectivity index (χ4v) is 20.5. The molecule has 0 radical (unpaired) electrons. The van der Waals surface area contributed by atoms with Crippen molar-refractivity contribution >= 4 is 148 Å². The maximum atomic E-state index is 12.7. The third-order valence-corrected chi connectivity index (χ3v) is 29.4. The Kier molecular flexibility index (Phi) is 34.4. The van der Waals surface area contributed by atoms with Crippen molar-refractivity contribution in [2.24, 2.45) is 11.8 Å². The number of carbonyl (C=O) groups excluding carboxylic acids is 1. The first kappa shape index (κ1) is 100. The number of rotatable bonds is 24. The molecule has 10 aromatic heterocycles. The Labute approximate surface area is 858 Å². The van der Waals surface area contributed by atoms with Crippen molar-refractivity contribution in [3.63, 3.8) is 0 Å². The van der Waals surface area contributed by atoms with Crippen LogP contribution in [0, 0.1) is 11.8 Å². The smallest absolute Gasteiger partial charge is 0.223 e. The summed E-state index contributed by atoms with van der Waals surface area (Å²) in [6, 6.07) is 49.3. The quantitative estimate of drug-likeness (QED) is 0.0376. The standard InChI is InChI=1S/C24H29ClN6O.C23H29ClN6O.C21H24ClN5O2.C19H23ClN6.C18H21ClN6/c25-19-1-3-20(4-2-19)31-22-16-27-12-7-21(22)23(29-31)30-13-8-18(9-14-30)24(32)28-15-17-5-10-26-11-6-17;1-27-10-12-28(13-11-27)9-7-20-17-31-15-14-29(20)23-21-6-8-25-16-22(21)30(26-23)19-4-2-18(24)3-5-19;22-16-1-3-17(4-2-16)27-20-13-23-6-5-19(20)21(24-27)26-9-12-29-15-18(26)14-25-7-10-28-11-8-25;1-24-10-12-25(13-11-24)9-8-22-19-17-6-7-21-14-18(17)26(23-19)16-4-2-15(20)3-5-16;19-14-1-3-15(4-2-14)25-17-13-21-6-5-16(17)18(23-25)22-9-12-24-10-7-20-8-11-24/h1-4,7,12,16-18,26H,5-6,8-11,13-15H2,(H,28,32);2-6,8,16,20H,7,9-15,17H2,1H3;1-6,13,18H,7-12,14-15H2;2-7,14H,8-13H2,1H3,(H,22,23);1-6,13,20H,7-12H2,(H,22,23). The summed E-state index contributed by atoms with van der Waals surface area (Å²) in [5.41, 5.74) is 9.76. The Bertz CT molecular complexity index is 6590. The minimum Gasteiger partial charge on any atom is -0.379 e. The van der Waals surface area contributed by atoms with Gasteiger partial charge in [0.25, 0.3) is 0 Å². The normalized spacial score (nSPS) is 18.6. The molecule has 8 aliphatic heterocycles. The average molecular weight is 2040 g/mol. The fraction of sp³-hybridized carbons (Fsp3) is 0.419. The van der Waals surface area contributed by atoms with Gasteiger partial charge in [-0.1, -0.05) is 58.0 Å². The maximum absolute atomic E-state index is 12.7. The molecule has 0 aliphatic carbocycles. The number of piperazine rings is 3. The van der Waals surface area contributed by atoms with Crippen molar-refractivity contribution in [1.82, 2.24) is 119 Å². The molecule has 8 fully saturated rings. The fourth-order valence-electron chi connectivity index (χ4n) is 19.8. The van der Waals surface area contributed by atoms with Crippen LogP contribution in [0.5, 0.6) is 0 Å². The van der Waals surface area contributed by atoms with Gasteiger partial charge in [-0.2, -0.15) is 0 Å². The number of morpholine rings is 3. The second kappa shape index (κ2) is 49.0. The Morgan fingerprint density at radius 3 is 1.13 bits per heavy atom. The number of nitrogens with zero attached hydrogens (tertiary/aromatic N) is 24.